The fraction of sp³-hybridized carbons (Fsp3) is 0.391. The summed E-state index contributed by atoms with van der Waals surface area (Å²) < 4.78 is 6.69. The lowest BCUT2D eigenvalue weighted by Gasteiger charge is -2.21. The normalized spacial score (nSPS) is 15.8. The van der Waals surface area contributed by atoms with Gasteiger partial charge in [-0.3, -0.25) is 19.0 Å². The Morgan fingerprint density at radius 1 is 1.23 bits per heavy atom. The van der Waals surface area contributed by atoms with Crippen molar-refractivity contribution in [1.29, 1.82) is 0 Å². The quantitative estimate of drug-likeness (QED) is 0.458. The summed E-state index contributed by atoms with van der Waals surface area (Å²) in [5.41, 5.74) is 2.13. The Morgan fingerprint density at radius 2 is 1.97 bits per heavy atom. The van der Waals surface area contributed by atoms with E-state index >= 15 is 0 Å². The van der Waals surface area contributed by atoms with Gasteiger partial charge in [-0.1, -0.05) is 29.8 Å². The molecule has 0 saturated heterocycles. The standard InChI is InChI=1S/C23H24N2O4S/c1-4-29-23(28)16-6-5-7-18-19(16)20-21(30-18)24-14(3)25(22(20)27)12-17(26)15-10-8-13(2)9-11-15/h8-11,16H,4-7,12H2,1-3H3. The largest absolute Gasteiger partial charge is 0.466 e. The first-order chi connectivity index (χ1) is 14.4. The summed E-state index contributed by atoms with van der Waals surface area (Å²) in [5, 5.41) is 0.468. The van der Waals surface area contributed by atoms with E-state index < -0.39 is 5.92 Å². The van der Waals surface area contributed by atoms with Gasteiger partial charge in [0, 0.05) is 10.4 Å². The predicted octanol–water partition coefficient (Wildman–Crippen LogP) is 3.94. The Labute approximate surface area is 178 Å². The smallest absolute Gasteiger partial charge is 0.313 e. The molecule has 0 bridgehead atoms. The number of rotatable bonds is 5. The van der Waals surface area contributed by atoms with Gasteiger partial charge >= 0.3 is 5.97 Å². The molecule has 1 atom stereocenters. The molecular weight excluding hydrogens is 400 g/mol. The molecule has 1 aliphatic carbocycles. The van der Waals surface area contributed by atoms with E-state index in [9.17, 15) is 14.4 Å². The molecule has 0 spiro atoms. The van der Waals surface area contributed by atoms with Crippen molar-refractivity contribution in [2.45, 2.75) is 52.5 Å². The van der Waals surface area contributed by atoms with Crippen molar-refractivity contribution in [2.75, 3.05) is 6.61 Å². The van der Waals surface area contributed by atoms with Gasteiger partial charge in [-0.25, -0.2) is 4.98 Å². The minimum absolute atomic E-state index is 0.0780. The molecule has 0 N–H and O–H groups in total. The van der Waals surface area contributed by atoms with Crippen LogP contribution in [0.25, 0.3) is 10.2 Å². The fourth-order valence-corrected chi connectivity index (χ4v) is 5.37. The topological polar surface area (TPSA) is 78.3 Å². The molecule has 0 saturated carbocycles. The predicted molar refractivity (Wildman–Crippen MR) is 116 cm³/mol. The lowest BCUT2D eigenvalue weighted by molar-refractivity contribution is -0.145. The molecule has 7 heteroatoms. The summed E-state index contributed by atoms with van der Waals surface area (Å²) >= 11 is 1.48. The highest BCUT2D eigenvalue weighted by atomic mass is 32.1. The van der Waals surface area contributed by atoms with Gasteiger partial charge in [-0.05, 0) is 45.6 Å². The summed E-state index contributed by atoms with van der Waals surface area (Å²) in [6.45, 7) is 5.71. The second-order valence-corrected chi connectivity index (χ2v) is 8.74. The average Bonchev–Trinajstić information content (AvgIpc) is 3.09. The van der Waals surface area contributed by atoms with Gasteiger partial charge < -0.3 is 4.74 Å². The first-order valence-electron chi connectivity index (χ1n) is 10.2. The van der Waals surface area contributed by atoms with Crippen LogP contribution in [0.15, 0.2) is 29.1 Å². The summed E-state index contributed by atoms with van der Waals surface area (Å²) in [5.74, 6) is -0.382. The van der Waals surface area contributed by atoms with Crippen LogP contribution in [-0.4, -0.2) is 27.9 Å². The molecule has 2 heterocycles. The van der Waals surface area contributed by atoms with Crippen LogP contribution in [-0.2, 0) is 22.5 Å². The zero-order valence-electron chi connectivity index (χ0n) is 17.4. The van der Waals surface area contributed by atoms with E-state index in [2.05, 4.69) is 4.98 Å². The molecule has 156 valence electrons. The number of carbonyl (C=O) groups is 2. The Balaban J connectivity index is 1.80. The number of Topliss-reactive ketones (excluding diaryl/α,β-unsaturated/α-hetero) is 1. The van der Waals surface area contributed by atoms with Crippen LogP contribution < -0.4 is 5.56 Å². The second kappa shape index (κ2) is 8.14. The molecule has 4 rings (SSSR count). The minimum Gasteiger partial charge on any atom is -0.466 e. The third-order valence-corrected chi connectivity index (χ3v) is 6.77. The highest BCUT2D eigenvalue weighted by molar-refractivity contribution is 7.18. The molecule has 2 aromatic heterocycles. The molecule has 1 unspecified atom stereocenters. The van der Waals surface area contributed by atoms with Crippen LogP contribution in [0.3, 0.4) is 0 Å². The molecule has 0 radical (unpaired) electrons. The van der Waals surface area contributed by atoms with Gasteiger partial charge in [-0.15, -0.1) is 11.3 Å². The third-order valence-electron chi connectivity index (χ3n) is 5.61. The number of aromatic nitrogens is 2. The molecule has 3 aromatic rings. The van der Waals surface area contributed by atoms with Crippen LogP contribution in [0.2, 0.25) is 0 Å². The number of thiophene rings is 1. The zero-order chi connectivity index (χ0) is 21.4. The number of carbonyl (C=O) groups excluding carboxylic acids is 2. The van der Waals surface area contributed by atoms with Crippen LogP contribution in [0.4, 0.5) is 0 Å². The van der Waals surface area contributed by atoms with E-state index in [1.807, 2.05) is 19.1 Å². The maximum absolute atomic E-state index is 13.5. The first-order valence-corrected chi connectivity index (χ1v) is 11.0. The van der Waals surface area contributed by atoms with Gasteiger partial charge in [0.05, 0.1) is 24.5 Å². The van der Waals surface area contributed by atoms with E-state index in [1.54, 1.807) is 26.0 Å². The third kappa shape index (κ3) is 3.58. The van der Waals surface area contributed by atoms with E-state index in [1.165, 1.54) is 15.9 Å². The van der Waals surface area contributed by atoms with Crippen molar-refractivity contribution in [2.24, 2.45) is 0 Å². The van der Waals surface area contributed by atoms with Crippen LogP contribution in [0, 0.1) is 13.8 Å². The lowest BCUT2D eigenvalue weighted by Crippen LogP contribution is -2.29. The van der Waals surface area contributed by atoms with Gasteiger partial charge in [0.1, 0.15) is 10.7 Å². The SMILES string of the molecule is CCOC(=O)C1CCCc2sc3nc(C)n(CC(=O)c4ccc(C)cc4)c(=O)c3c21. The number of hydrogen-bond donors (Lipinski definition) is 0. The van der Waals surface area contributed by atoms with E-state index in [0.717, 1.165) is 28.8 Å². The van der Waals surface area contributed by atoms with Crippen molar-refractivity contribution in [3.05, 3.63) is 62.0 Å². The Hall–Kier alpha value is -2.80. The highest BCUT2D eigenvalue weighted by Crippen LogP contribution is 2.41. The molecule has 6 nitrogen and oxygen atoms in total. The molecule has 1 aromatic carbocycles. The summed E-state index contributed by atoms with van der Waals surface area (Å²) in [6, 6.07) is 7.30. The summed E-state index contributed by atoms with van der Waals surface area (Å²) in [7, 11) is 0. The maximum atomic E-state index is 13.5. The van der Waals surface area contributed by atoms with Crippen LogP contribution in [0.5, 0.6) is 0 Å². The van der Waals surface area contributed by atoms with E-state index in [0.29, 0.717) is 34.6 Å². The van der Waals surface area contributed by atoms with Crippen molar-refractivity contribution in [1.82, 2.24) is 9.55 Å². The Kier molecular flexibility index (Phi) is 5.56. The molecule has 0 fully saturated rings. The zero-order valence-corrected chi connectivity index (χ0v) is 18.2. The maximum Gasteiger partial charge on any atom is 0.313 e. The van der Waals surface area contributed by atoms with Crippen molar-refractivity contribution in [3.8, 4) is 0 Å². The fourth-order valence-electron chi connectivity index (χ4n) is 4.06. The number of esters is 1. The van der Waals surface area contributed by atoms with E-state index in [4.69, 9.17) is 4.74 Å². The molecular formula is C23H24N2O4S. The highest BCUT2D eigenvalue weighted by Gasteiger charge is 2.33. The van der Waals surface area contributed by atoms with Gasteiger partial charge in [0.15, 0.2) is 5.78 Å². The van der Waals surface area contributed by atoms with Gasteiger partial charge in [-0.2, -0.15) is 0 Å². The van der Waals surface area contributed by atoms with Crippen molar-refractivity contribution >= 4 is 33.3 Å². The number of hydrogen-bond acceptors (Lipinski definition) is 6. The monoisotopic (exact) mass is 424 g/mol. The molecule has 0 amide bonds. The second-order valence-electron chi connectivity index (χ2n) is 7.66. The van der Waals surface area contributed by atoms with Crippen LogP contribution >= 0.6 is 11.3 Å². The average molecular weight is 425 g/mol. The van der Waals surface area contributed by atoms with Gasteiger partial charge in [0.2, 0.25) is 0 Å². The number of ether oxygens (including phenoxy) is 1. The molecule has 0 aliphatic heterocycles. The minimum atomic E-state index is -0.444. The van der Waals surface area contributed by atoms with Crippen molar-refractivity contribution in [3.63, 3.8) is 0 Å². The lowest BCUT2D eigenvalue weighted by atomic mass is 9.86. The number of nitrogens with zero attached hydrogens (tertiary/aromatic N) is 2. The Bertz CT molecular complexity index is 1190. The summed E-state index contributed by atoms with van der Waals surface area (Å²) in [6.07, 6.45) is 2.36. The number of fused-ring (bicyclic) bond motifs is 3. The van der Waals surface area contributed by atoms with Crippen LogP contribution in [0.1, 0.15) is 57.9 Å². The van der Waals surface area contributed by atoms with Crippen molar-refractivity contribution < 1.29 is 14.3 Å². The first kappa shape index (κ1) is 20.5. The number of aryl methyl sites for hydroxylation is 3. The number of ketones is 1. The van der Waals surface area contributed by atoms with Gasteiger partial charge in [0.25, 0.3) is 5.56 Å². The van der Waals surface area contributed by atoms with E-state index in [-0.39, 0.29) is 23.9 Å². The molecule has 30 heavy (non-hydrogen) atoms. The molecule has 1 aliphatic rings. The summed E-state index contributed by atoms with van der Waals surface area (Å²) in [4.78, 5) is 45.1. The Morgan fingerprint density at radius 3 is 2.67 bits per heavy atom. The number of benzene rings is 1.